The summed E-state index contributed by atoms with van der Waals surface area (Å²) in [6, 6.07) is 15.2. The lowest BCUT2D eigenvalue weighted by Crippen LogP contribution is -2.49. The van der Waals surface area contributed by atoms with Crippen molar-refractivity contribution in [3.05, 3.63) is 65.2 Å². The van der Waals surface area contributed by atoms with Crippen molar-refractivity contribution in [3.8, 4) is 5.75 Å². The summed E-state index contributed by atoms with van der Waals surface area (Å²) in [5, 5.41) is 3.00. The van der Waals surface area contributed by atoms with Gasteiger partial charge in [-0.2, -0.15) is 0 Å². The van der Waals surface area contributed by atoms with Crippen molar-refractivity contribution in [2.45, 2.75) is 38.1 Å². The highest BCUT2D eigenvalue weighted by Crippen LogP contribution is 2.26. The molecule has 1 unspecified atom stereocenters. The third-order valence-electron chi connectivity index (χ3n) is 5.45. The molecule has 0 saturated carbocycles. The summed E-state index contributed by atoms with van der Waals surface area (Å²) in [7, 11) is 0. The number of benzene rings is 2. The minimum absolute atomic E-state index is 0.0251. The Hall–Kier alpha value is -2.82. The Labute approximate surface area is 165 Å². The van der Waals surface area contributed by atoms with Gasteiger partial charge in [-0.25, -0.2) is 0 Å². The summed E-state index contributed by atoms with van der Waals surface area (Å²) >= 11 is 0. The van der Waals surface area contributed by atoms with Crippen LogP contribution >= 0.6 is 0 Å². The molecule has 2 aromatic carbocycles. The van der Waals surface area contributed by atoms with Crippen molar-refractivity contribution >= 4 is 11.8 Å². The van der Waals surface area contributed by atoms with Crippen LogP contribution in [-0.2, 0) is 28.9 Å². The summed E-state index contributed by atoms with van der Waals surface area (Å²) < 4.78 is 5.53. The molecule has 2 aliphatic heterocycles. The van der Waals surface area contributed by atoms with E-state index in [1.807, 2.05) is 53.4 Å². The highest BCUT2D eigenvalue weighted by atomic mass is 16.5. The molecule has 0 aromatic heterocycles. The number of carbonyl (C=O) groups excluding carboxylic acids is 2. The number of fused-ring (bicyclic) bond motifs is 1. The average molecular weight is 378 g/mol. The predicted octanol–water partition coefficient (Wildman–Crippen LogP) is 2.51. The summed E-state index contributed by atoms with van der Waals surface area (Å²) in [6.45, 7) is 2.27. The summed E-state index contributed by atoms with van der Waals surface area (Å²) in [4.78, 5) is 27.6. The van der Waals surface area contributed by atoms with E-state index in [1.54, 1.807) is 0 Å². The van der Waals surface area contributed by atoms with E-state index < -0.39 is 6.04 Å². The molecule has 0 spiro atoms. The lowest BCUT2D eigenvalue weighted by Gasteiger charge is -2.24. The Balaban J connectivity index is 1.44. The van der Waals surface area contributed by atoms with Crippen molar-refractivity contribution in [2.24, 2.45) is 0 Å². The van der Waals surface area contributed by atoms with Gasteiger partial charge in [0, 0.05) is 25.9 Å². The van der Waals surface area contributed by atoms with Gasteiger partial charge in [-0.05, 0) is 35.6 Å². The van der Waals surface area contributed by atoms with Gasteiger partial charge in [-0.3, -0.25) is 9.59 Å². The Morgan fingerprint density at radius 2 is 1.82 bits per heavy atom. The van der Waals surface area contributed by atoms with Gasteiger partial charge >= 0.3 is 0 Å². The molecular formula is C23H26N2O3. The Morgan fingerprint density at radius 1 is 1.04 bits per heavy atom. The number of hydrogen-bond acceptors (Lipinski definition) is 3. The summed E-state index contributed by atoms with van der Waals surface area (Å²) in [5.41, 5.74) is 3.16. The van der Waals surface area contributed by atoms with Crippen LogP contribution in [0, 0.1) is 0 Å². The van der Waals surface area contributed by atoms with Crippen molar-refractivity contribution in [2.75, 3.05) is 19.7 Å². The van der Waals surface area contributed by atoms with E-state index in [2.05, 4.69) is 5.32 Å². The van der Waals surface area contributed by atoms with E-state index in [4.69, 9.17) is 4.74 Å². The molecule has 0 aliphatic carbocycles. The molecular weight excluding hydrogens is 352 g/mol. The van der Waals surface area contributed by atoms with Gasteiger partial charge in [0.2, 0.25) is 11.8 Å². The normalized spacial score (nSPS) is 16.4. The van der Waals surface area contributed by atoms with Crippen LogP contribution in [0.5, 0.6) is 5.75 Å². The van der Waals surface area contributed by atoms with Gasteiger partial charge in [0.25, 0.3) is 0 Å². The van der Waals surface area contributed by atoms with Crippen LogP contribution in [0.2, 0.25) is 0 Å². The van der Waals surface area contributed by atoms with Crippen LogP contribution in [0.3, 0.4) is 0 Å². The highest BCUT2D eigenvalue weighted by molar-refractivity contribution is 5.88. The number of rotatable bonds is 6. The number of hydrogen-bond donors (Lipinski definition) is 1. The largest absolute Gasteiger partial charge is 0.493 e. The number of ether oxygens (including phenoxy) is 1. The van der Waals surface area contributed by atoms with Crippen molar-refractivity contribution < 1.29 is 14.3 Å². The molecule has 28 heavy (non-hydrogen) atoms. The summed E-state index contributed by atoms with van der Waals surface area (Å²) in [6.07, 6.45) is 3.74. The fourth-order valence-electron chi connectivity index (χ4n) is 3.99. The first kappa shape index (κ1) is 18.5. The van der Waals surface area contributed by atoms with E-state index in [1.165, 1.54) is 0 Å². The van der Waals surface area contributed by atoms with Gasteiger partial charge in [0.1, 0.15) is 11.8 Å². The zero-order valence-electron chi connectivity index (χ0n) is 16.0. The van der Waals surface area contributed by atoms with Gasteiger partial charge in [0.05, 0.1) is 13.0 Å². The molecule has 2 heterocycles. The first-order valence-electron chi connectivity index (χ1n) is 10.1. The SMILES string of the molecule is O=C(Cc1ccc2c(c1)CCO2)NC(Cc1ccccc1)C(=O)N1CCCC1. The van der Waals surface area contributed by atoms with Crippen LogP contribution in [0.1, 0.15) is 29.5 Å². The molecule has 1 fully saturated rings. The van der Waals surface area contributed by atoms with Crippen molar-refractivity contribution in [1.82, 2.24) is 10.2 Å². The molecule has 146 valence electrons. The smallest absolute Gasteiger partial charge is 0.245 e. The Bertz CT molecular complexity index is 844. The van der Waals surface area contributed by atoms with E-state index in [0.717, 1.165) is 54.8 Å². The van der Waals surface area contributed by atoms with Crippen LogP contribution < -0.4 is 10.1 Å². The molecule has 2 aliphatic rings. The van der Waals surface area contributed by atoms with Gasteiger partial charge in [-0.1, -0.05) is 42.5 Å². The number of nitrogens with one attached hydrogen (secondary N) is 1. The predicted molar refractivity (Wildman–Crippen MR) is 107 cm³/mol. The van der Waals surface area contributed by atoms with Crippen molar-refractivity contribution in [1.29, 1.82) is 0 Å². The molecule has 2 amide bonds. The fraction of sp³-hybridized carbons (Fsp3) is 0.391. The lowest BCUT2D eigenvalue weighted by atomic mass is 10.0. The fourth-order valence-corrected chi connectivity index (χ4v) is 3.99. The van der Waals surface area contributed by atoms with Crippen LogP contribution in [0.4, 0.5) is 0 Å². The minimum Gasteiger partial charge on any atom is -0.493 e. The molecule has 5 heteroatoms. The number of carbonyl (C=O) groups is 2. The quantitative estimate of drug-likeness (QED) is 0.840. The van der Waals surface area contributed by atoms with Gasteiger partial charge in [-0.15, -0.1) is 0 Å². The van der Waals surface area contributed by atoms with Crippen molar-refractivity contribution in [3.63, 3.8) is 0 Å². The van der Waals surface area contributed by atoms with Crippen LogP contribution in [-0.4, -0.2) is 42.5 Å². The highest BCUT2D eigenvalue weighted by Gasteiger charge is 2.28. The molecule has 1 saturated heterocycles. The lowest BCUT2D eigenvalue weighted by molar-refractivity contribution is -0.135. The average Bonchev–Trinajstić information content (AvgIpc) is 3.39. The first-order valence-corrected chi connectivity index (χ1v) is 10.1. The second kappa shape index (κ2) is 8.46. The molecule has 2 aromatic rings. The van der Waals surface area contributed by atoms with Crippen LogP contribution in [0.15, 0.2) is 48.5 Å². The third kappa shape index (κ3) is 4.35. The first-order chi connectivity index (χ1) is 13.7. The summed E-state index contributed by atoms with van der Waals surface area (Å²) in [5.74, 6) is 0.819. The molecule has 1 N–H and O–H groups in total. The number of nitrogens with zero attached hydrogens (tertiary/aromatic N) is 1. The Kier molecular flexibility index (Phi) is 5.60. The molecule has 5 nitrogen and oxygen atoms in total. The number of amides is 2. The maximum Gasteiger partial charge on any atom is 0.245 e. The maximum absolute atomic E-state index is 13.0. The maximum atomic E-state index is 13.0. The van der Waals surface area contributed by atoms with E-state index in [0.29, 0.717) is 13.0 Å². The number of likely N-dealkylation sites (tertiary alicyclic amines) is 1. The third-order valence-corrected chi connectivity index (χ3v) is 5.45. The van der Waals surface area contributed by atoms with Gasteiger partial charge in [0.15, 0.2) is 0 Å². The molecule has 4 rings (SSSR count). The Morgan fingerprint density at radius 3 is 2.61 bits per heavy atom. The molecule has 0 bridgehead atoms. The molecule has 0 radical (unpaired) electrons. The molecule has 1 atom stereocenters. The van der Waals surface area contributed by atoms with Gasteiger partial charge < -0.3 is 15.0 Å². The minimum atomic E-state index is -0.522. The topological polar surface area (TPSA) is 58.6 Å². The zero-order chi connectivity index (χ0) is 19.3. The second-order valence-corrected chi connectivity index (χ2v) is 7.56. The monoisotopic (exact) mass is 378 g/mol. The van der Waals surface area contributed by atoms with Crippen LogP contribution in [0.25, 0.3) is 0 Å². The van der Waals surface area contributed by atoms with E-state index in [-0.39, 0.29) is 18.2 Å². The zero-order valence-corrected chi connectivity index (χ0v) is 16.0. The standard InChI is InChI=1S/C23H26N2O3/c26-22(16-18-8-9-21-19(14-18)10-13-28-21)24-20(15-17-6-2-1-3-7-17)23(27)25-11-4-5-12-25/h1-3,6-9,14,20H,4-5,10-13,15-16H2,(H,24,26). The van der Waals surface area contributed by atoms with E-state index >= 15 is 0 Å². The second-order valence-electron chi connectivity index (χ2n) is 7.56. The van der Waals surface area contributed by atoms with E-state index in [9.17, 15) is 9.59 Å².